The van der Waals surface area contributed by atoms with Gasteiger partial charge in [-0.1, -0.05) is 17.9 Å². The average Bonchev–Trinajstić information content (AvgIpc) is 3.31. The fourth-order valence-electron chi connectivity index (χ4n) is 2.96. The Kier molecular flexibility index (Phi) is 6.62. The molecular weight excluding hydrogens is 442 g/mol. The van der Waals surface area contributed by atoms with E-state index in [-0.39, 0.29) is 23.1 Å². The van der Waals surface area contributed by atoms with Crippen molar-refractivity contribution in [2.75, 3.05) is 19.9 Å². The van der Waals surface area contributed by atoms with Crippen molar-refractivity contribution in [1.82, 2.24) is 15.5 Å². The first-order valence-corrected chi connectivity index (χ1v) is 11.7. The van der Waals surface area contributed by atoms with Crippen LogP contribution in [0.5, 0.6) is 5.75 Å². The van der Waals surface area contributed by atoms with Gasteiger partial charge in [-0.05, 0) is 29.8 Å². The molecule has 0 saturated heterocycles. The van der Waals surface area contributed by atoms with Gasteiger partial charge in [-0.2, -0.15) is 0 Å². The van der Waals surface area contributed by atoms with Crippen LogP contribution >= 0.6 is 11.3 Å². The van der Waals surface area contributed by atoms with Gasteiger partial charge in [0.05, 0.1) is 18.5 Å². The molecule has 0 fully saturated rings. The van der Waals surface area contributed by atoms with Crippen molar-refractivity contribution in [3.05, 3.63) is 46.3 Å². The first-order chi connectivity index (χ1) is 14.7. The topological polar surface area (TPSA) is 122 Å². The number of hydrogen-bond acceptors (Lipinski definition) is 7. The standard InChI is InChI=1S/C20H19N3O6S2/c1-29-15-5-3-13-10-23(19(25)17(13)9-15)11-14(22-20(26)21-12-24)4-6-16-7-8-18(30-16)31(2,27)28/h3,5,7-9,12,14H,10-11H2,1-2H3,(H2,21,22,24,26)/t14-/m1/s1. The monoisotopic (exact) mass is 461 g/mol. The molecule has 0 spiro atoms. The summed E-state index contributed by atoms with van der Waals surface area (Å²) < 4.78 is 28.6. The maximum absolute atomic E-state index is 12.8. The average molecular weight is 462 g/mol. The minimum atomic E-state index is -3.34. The van der Waals surface area contributed by atoms with Crippen molar-refractivity contribution in [2.45, 2.75) is 16.8 Å². The summed E-state index contributed by atoms with van der Waals surface area (Å²) in [5.41, 5.74) is 1.34. The molecule has 1 aromatic heterocycles. The van der Waals surface area contributed by atoms with Crippen LogP contribution in [0.1, 0.15) is 20.8 Å². The fourth-order valence-corrected chi connectivity index (χ4v) is 4.75. The van der Waals surface area contributed by atoms with Crippen LogP contribution in [0, 0.1) is 11.8 Å². The number of nitrogens with zero attached hydrogens (tertiary/aromatic N) is 1. The van der Waals surface area contributed by atoms with Crippen molar-refractivity contribution in [3.8, 4) is 17.6 Å². The summed E-state index contributed by atoms with van der Waals surface area (Å²) in [5, 5.41) is 4.51. The first-order valence-electron chi connectivity index (χ1n) is 8.99. The van der Waals surface area contributed by atoms with E-state index in [1.54, 1.807) is 24.3 Å². The zero-order chi connectivity index (χ0) is 22.6. The Hall–Kier alpha value is -3.36. The van der Waals surface area contributed by atoms with Crippen LogP contribution in [-0.4, -0.2) is 57.6 Å². The van der Waals surface area contributed by atoms with Crippen LogP contribution < -0.4 is 15.4 Å². The summed E-state index contributed by atoms with van der Waals surface area (Å²) in [5.74, 6) is 6.01. The molecule has 0 unspecified atom stereocenters. The molecule has 1 aromatic carbocycles. The van der Waals surface area contributed by atoms with Crippen LogP contribution in [0.25, 0.3) is 0 Å². The zero-order valence-electron chi connectivity index (χ0n) is 16.7. The van der Waals surface area contributed by atoms with Gasteiger partial charge < -0.3 is 15.0 Å². The Bertz CT molecular complexity index is 1190. The largest absolute Gasteiger partial charge is 0.497 e. The number of nitrogens with one attached hydrogen (secondary N) is 2. The predicted octanol–water partition coefficient (Wildman–Crippen LogP) is 0.992. The SMILES string of the molecule is COc1ccc2c(c1)C(=O)N(C[C@@H](C#Cc1ccc(S(C)(=O)=O)s1)NC(=O)NC=O)C2. The summed E-state index contributed by atoms with van der Waals surface area (Å²) >= 11 is 1.01. The number of ether oxygens (including phenoxy) is 1. The summed E-state index contributed by atoms with van der Waals surface area (Å²) in [7, 11) is -1.83. The second-order valence-electron chi connectivity index (χ2n) is 6.66. The molecule has 31 heavy (non-hydrogen) atoms. The van der Waals surface area contributed by atoms with Gasteiger partial charge in [0, 0.05) is 18.4 Å². The number of imide groups is 1. The lowest BCUT2D eigenvalue weighted by atomic mass is 10.1. The molecule has 162 valence electrons. The van der Waals surface area contributed by atoms with E-state index in [2.05, 4.69) is 17.2 Å². The Morgan fingerprint density at radius 1 is 1.35 bits per heavy atom. The van der Waals surface area contributed by atoms with Gasteiger partial charge in [0.25, 0.3) is 5.91 Å². The summed E-state index contributed by atoms with van der Waals surface area (Å²) in [4.78, 5) is 37.2. The number of carbonyl (C=O) groups is 3. The van der Waals surface area contributed by atoms with Crippen molar-refractivity contribution in [1.29, 1.82) is 0 Å². The molecule has 1 aliphatic rings. The number of hydrogen-bond donors (Lipinski definition) is 2. The smallest absolute Gasteiger partial charge is 0.322 e. The van der Waals surface area contributed by atoms with Crippen molar-refractivity contribution >= 4 is 39.5 Å². The highest BCUT2D eigenvalue weighted by atomic mass is 32.2. The number of methoxy groups -OCH3 is 1. The minimum absolute atomic E-state index is 0.0689. The maximum Gasteiger partial charge on any atom is 0.322 e. The molecule has 9 nitrogen and oxygen atoms in total. The molecule has 0 bridgehead atoms. The van der Waals surface area contributed by atoms with E-state index < -0.39 is 21.9 Å². The molecule has 1 atom stereocenters. The van der Waals surface area contributed by atoms with E-state index in [1.807, 2.05) is 5.32 Å². The lowest BCUT2D eigenvalue weighted by molar-refractivity contribution is -0.108. The van der Waals surface area contributed by atoms with E-state index >= 15 is 0 Å². The normalized spacial score (nSPS) is 13.6. The van der Waals surface area contributed by atoms with Gasteiger partial charge >= 0.3 is 6.03 Å². The molecule has 0 saturated carbocycles. The highest BCUT2D eigenvalue weighted by Gasteiger charge is 2.29. The molecule has 2 aromatic rings. The number of fused-ring (bicyclic) bond motifs is 1. The van der Waals surface area contributed by atoms with E-state index in [0.29, 0.717) is 22.7 Å². The number of thiophene rings is 1. The van der Waals surface area contributed by atoms with Crippen molar-refractivity contribution in [3.63, 3.8) is 0 Å². The van der Waals surface area contributed by atoms with Crippen molar-refractivity contribution in [2.24, 2.45) is 0 Å². The van der Waals surface area contributed by atoms with Gasteiger partial charge in [0.2, 0.25) is 6.41 Å². The van der Waals surface area contributed by atoms with E-state index in [0.717, 1.165) is 23.2 Å². The molecule has 2 N–H and O–H groups in total. The Labute approximate surface area is 183 Å². The number of amides is 4. The van der Waals surface area contributed by atoms with Crippen LogP contribution in [-0.2, 0) is 21.2 Å². The van der Waals surface area contributed by atoms with Crippen LogP contribution in [0.2, 0.25) is 0 Å². The second-order valence-corrected chi connectivity index (χ2v) is 9.98. The zero-order valence-corrected chi connectivity index (χ0v) is 18.3. The van der Waals surface area contributed by atoms with Crippen LogP contribution in [0.15, 0.2) is 34.5 Å². The molecule has 0 aliphatic carbocycles. The van der Waals surface area contributed by atoms with E-state index in [4.69, 9.17) is 4.74 Å². The number of carbonyl (C=O) groups excluding carboxylic acids is 3. The lowest BCUT2D eigenvalue weighted by Gasteiger charge is -2.20. The molecular formula is C20H19N3O6S2. The third-order valence-electron chi connectivity index (χ3n) is 4.41. The van der Waals surface area contributed by atoms with Gasteiger partial charge in [-0.25, -0.2) is 13.2 Å². The number of urea groups is 1. The molecule has 3 rings (SSSR count). The molecule has 11 heteroatoms. The van der Waals surface area contributed by atoms with Gasteiger partial charge in [0.1, 0.15) is 16.0 Å². The highest BCUT2D eigenvalue weighted by molar-refractivity contribution is 7.92. The van der Waals surface area contributed by atoms with Gasteiger partial charge in [-0.15, -0.1) is 11.3 Å². The quantitative estimate of drug-likeness (QED) is 0.489. The lowest BCUT2D eigenvalue weighted by Crippen LogP contribution is -2.46. The first kappa shape index (κ1) is 22.3. The Balaban J connectivity index is 1.80. The predicted molar refractivity (Wildman–Crippen MR) is 114 cm³/mol. The third-order valence-corrected chi connectivity index (χ3v) is 7.23. The molecule has 4 amide bonds. The van der Waals surface area contributed by atoms with Gasteiger partial charge in [-0.3, -0.25) is 14.9 Å². The maximum atomic E-state index is 12.8. The van der Waals surface area contributed by atoms with Crippen LogP contribution in [0.4, 0.5) is 4.79 Å². The molecule has 2 heterocycles. The van der Waals surface area contributed by atoms with Gasteiger partial charge in [0.15, 0.2) is 9.84 Å². The molecule has 0 radical (unpaired) electrons. The number of rotatable bonds is 6. The third kappa shape index (κ3) is 5.42. The highest BCUT2D eigenvalue weighted by Crippen LogP contribution is 2.27. The summed E-state index contributed by atoms with van der Waals surface area (Å²) in [6.07, 6.45) is 1.34. The summed E-state index contributed by atoms with van der Waals surface area (Å²) in [6, 6.07) is 6.69. The second kappa shape index (κ2) is 9.20. The van der Waals surface area contributed by atoms with E-state index in [1.165, 1.54) is 18.1 Å². The van der Waals surface area contributed by atoms with Crippen LogP contribution in [0.3, 0.4) is 0 Å². The number of sulfone groups is 1. The number of benzene rings is 1. The Morgan fingerprint density at radius 3 is 2.77 bits per heavy atom. The summed E-state index contributed by atoms with van der Waals surface area (Å²) in [6.45, 7) is 0.407. The minimum Gasteiger partial charge on any atom is -0.497 e. The Morgan fingerprint density at radius 2 is 2.13 bits per heavy atom. The fraction of sp³-hybridized carbons (Fsp3) is 0.250. The van der Waals surface area contributed by atoms with E-state index in [9.17, 15) is 22.8 Å². The van der Waals surface area contributed by atoms with Crippen molar-refractivity contribution < 1.29 is 27.5 Å². The molecule has 1 aliphatic heterocycles.